The number of benzene rings is 2. The Bertz CT molecular complexity index is 594. The molecule has 0 atom stereocenters. The highest BCUT2D eigenvalue weighted by molar-refractivity contribution is 6.05. The second-order valence-electron chi connectivity index (χ2n) is 5.94. The first-order valence-corrected chi connectivity index (χ1v) is 7.50. The average molecular weight is 318 g/mol. The molecule has 2 nitrogen and oxygen atoms in total. The van der Waals surface area contributed by atoms with Crippen molar-refractivity contribution in [2.24, 2.45) is 0 Å². The first-order valence-electron chi connectivity index (χ1n) is 7.50. The number of carbonyl (C=O) groups excluding carboxylic acids is 1. The Labute approximate surface area is 139 Å². The van der Waals surface area contributed by atoms with Crippen LogP contribution >= 0.6 is 12.4 Å². The summed E-state index contributed by atoms with van der Waals surface area (Å²) in [6, 6.07) is 15.6. The second kappa shape index (κ2) is 8.00. The fourth-order valence-electron chi connectivity index (χ4n) is 2.47. The third-order valence-corrected chi connectivity index (χ3v) is 3.65. The van der Waals surface area contributed by atoms with Gasteiger partial charge in [-0.2, -0.15) is 0 Å². The highest BCUT2D eigenvalue weighted by Crippen LogP contribution is 2.32. The lowest BCUT2D eigenvalue weighted by atomic mass is 9.92. The molecule has 3 heteroatoms. The van der Waals surface area contributed by atoms with E-state index in [0.717, 1.165) is 5.69 Å². The van der Waals surface area contributed by atoms with Gasteiger partial charge in [0.25, 0.3) is 5.91 Å². The van der Waals surface area contributed by atoms with Crippen molar-refractivity contribution < 1.29 is 4.79 Å². The van der Waals surface area contributed by atoms with Crippen LogP contribution in [0.25, 0.3) is 0 Å². The minimum atomic E-state index is -0.0504. The number of hydrogen-bond donors (Lipinski definition) is 1. The van der Waals surface area contributed by atoms with Gasteiger partial charge in [0.2, 0.25) is 0 Å². The summed E-state index contributed by atoms with van der Waals surface area (Å²) in [5.41, 5.74) is 4.03. The normalized spacial score (nSPS) is 10.5. The molecule has 0 aliphatic carbocycles. The van der Waals surface area contributed by atoms with E-state index in [2.05, 4.69) is 51.2 Å². The molecule has 0 spiro atoms. The number of carbonyl (C=O) groups is 1. The van der Waals surface area contributed by atoms with Gasteiger partial charge in [-0.3, -0.25) is 4.79 Å². The molecule has 0 bridgehead atoms. The van der Waals surface area contributed by atoms with E-state index in [1.807, 2.05) is 30.3 Å². The second-order valence-corrected chi connectivity index (χ2v) is 5.94. The molecule has 2 aromatic rings. The minimum Gasteiger partial charge on any atom is -0.321 e. The van der Waals surface area contributed by atoms with Gasteiger partial charge < -0.3 is 5.32 Å². The number of hydrogen-bond acceptors (Lipinski definition) is 1. The smallest absolute Gasteiger partial charge is 0.255 e. The Hall–Kier alpha value is -1.80. The van der Waals surface area contributed by atoms with E-state index in [9.17, 15) is 4.79 Å². The van der Waals surface area contributed by atoms with E-state index in [1.54, 1.807) is 0 Å². The van der Waals surface area contributed by atoms with Crippen molar-refractivity contribution in [1.82, 2.24) is 0 Å². The van der Waals surface area contributed by atoms with Gasteiger partial charge in [0.1, 0.15) is 0 Å². The molecule has 118 valence electrons. The van der Waals surface area contributed by atoms with Crippen LogP contribution in [0.4, 0.5) is 5.69 Å². The van der Waals surface area contributed by atoms with Crippen molar-refractivity contribution in [1.29, 1.82) is 0 Å². The predicted molar refractivity (Wildman–Crippen MR) is 96.3 cm³/mol. The molecule has 0 aromatic heterocycles. The fourth-order valence-corrected chi connectivity index (χ4v) is 2.47. The Kier molecular flexibility index (Phi) is 6.63. The van der Waals surface area contributed by atoms with Crippen LogP contribution in [-0.4, -0.2) is 5.91 Å². The Morgan fingerprint density at radius 1 is 0.818 bits per heavy atom. The zero-order valence-corrected chi connectivity index (χ0v) is 14.4. The van der Waals surface area contributed by atoms with Gasteiger partial charge in [0.15, 0.2) is 0 Å². The Morgan fingerprint density at radius 3 is 1.77 bits per heavy atom. The summed E-state index contributed by atoms with van der Waals surface area (Å²) in [7, 11) is 0. The lowest BCUT2D eigenvalue weighted by Crippen LogP contribution is -2.15. The lowest BCUT2D eigenvalue weighted by molar-refractivity contribution is 0.102. The third kappa shape index (κ3) is 4.11. The summed E-state index contributed by atoms with van der Waals surface area (Å²) >= 11 is 0. The van der Waals surface area contributed by atoms with Crippen LogP contribution in [0.2, 0.25) is 0 Å². The molecule has 0 saturated carbocycles. The van der Waals surface area contributed by atoms with E-state index in [1.165, 1.54) is 11.1 Å². The van der Waals surface area contributed by atoms with Gasteiger partial charge in [0.05, 0.1) is 0 Å². The van der Waals surface area contributed by atoms with E-state index in [0.29, 0.717) is 17.4 Å². The average Bonchev–Trinajstić information content (AvgIpc) is 2.47. The summed E-state index contributed by atoms with van der Waals surface area (Å²) in [6.07, 6.45) is 0. The molecular formula is C19H24ClNO. The number of halogens is 1. The van der Waals surface area contributed by atoms with Crippen molar-refractivity contribution in [3.63, 3.8) is 0 Å². The largest absolute Gasteiger partial charge is 0.321 e. The lowest BCUT2D eigenvalue weighted by Gasteiger charge is -2.20. The third-order valence-electron chi connectivity index (χ3n) is 3.65. The van der Waals surface area contributed by atoms with E-state index >= 15 is 0 Å². The van der Waals surface area contributed by atoms with Crippen molar-refractivity contribution in [3.8, 4) is 0 Å². The summed E-state index contributed by atoms with van der Waals surface area (Å²) < 4.78 is 0. The van der Waals surface area contributed by atoms with Crippen LogP contribution in [-0.2, 0) is 0 Å². The van der Waals surface area contributed by atoms with Crippen molar-refractivity contribution in [3.05, 3.63) is 65.2 Å². The number of amides is 1. The number of rotatable bonds is 4. The molecule has 0 heterocycles. The highest BCUT2D eigenvalue weighted by Gasteiger charge is 2.16. The van der Waals surface area contributed by atoms with Crippen LogP contribution in [0.15, 0.2) is 48.5 Å². The van der Waals surface area contributed by atoms with E-state index in [-0.39, 0.29) is 18.3 Å². The van der Waals surface area contributed by atoms with Crippen LogP contribution in [0.3, 0.4) is 0 Å². The Morgan fingerprint density at radius 2 is 1.32 bits per heavy atom. The van der Waals surface area contributed by atoms with E-state index < -0.39 is 0 Å². The van der Waals surface area contributed by atoms with Crippen LogP contribution in [0, 0.1) is 0 Å². The molecular weight excluding hydrogens is 294 g/mol. The number of para-hydroxylation sites is 1. The molecule has 0 aliphatic rings. The van der Waals surface area contributed by atoms with Gasteiger partial charge >= 0.3 is 0 Å². The zero-order valence-electron chi connectivity index (χ0n) is 13.6. The molecule has 0 radical (unpaired) electrons. The molecule has 1 amide bonds. The highest BCUT2D eigenvalue weighted by atomic mass is 35.5. The number of nitrogens with one attached hydrogen (secondary N) is 1. The van der Waals surface area contributed by atoms with Gasteiger partial charge in [-0.15, -0.1) is 12.4 Å². The van der Waals surface area contributed by atoms with Crippen LogP contribution in [0.1, 0.15) is 61.0 Å². The molecule has 0 unspecified atom stereocenters. The van der Waals surface area contributed by atoms with Crippen molar-refractivity contribution in [2.75, 3.05) is 5.32 Å². The maximum Gasteiger partial charge on any atom is 0.255 e. The SMILES string of the molecule is CC(C)c1cccc(C(C)C)c1NC(=O)c1ccccc1.Cl. The summed E-state index contributed by atoms with van der Waals surface area (Å²) in [5, 5.41) is 3.12. The first kappa shape index (κ1) is 18.2. The number of anilines is 1. The van der Waals surface area contributed by atoms with Crippen LogP contribution < -0.4 is 5.32 Å². The molecule has 1 N–H and O–H groups in total. The van der Waals surface area contributed by atoms with Crippen molar-refractivity contribution >= 4 is 24.0 Å². The molecule has 0 fully saturated rings. The molecule has 0 saturated heterocycles. The van der Waals surface area contributed by atoms with Gasteiger partial charge in [0, 0.05) is 11.3 Å². The van der Waals surface area contributed by atoms with Crippen LogP contribution in [0.5, 0.6) is 0 Å². The zero-order chi connectivity index (χ0) is 15.4. The Balaban J connectivity index is 0.00000242. The molecule has 2 rings (SSSR count). The summed E-state index contributed by atoms with van der Waals surface area (Å²) in [6.45, 7) is 8.60. The summed E-state index contributed by atoms with van der Waals surface area (Å²) in [5.74, 6) is 0.690. The minimum absolute atomic E-state index is 0. The van der Waals surface area contributed by atoms with Gasteiger partial charge in [-0.1, -0.05) is 64.1 Å². The van der Waals surface area contributed by atoms with Gasteiger partial charge in [-0.25, -0.2) is 0 Å². The molecule has 0 aliphatic heterocycles. The maximum absolute atomic E-state index is 12.5. The first-order chi connectivity index (χ1) is 10.0. The monoisotopic (exact) mass is 317 g/mol. The summed E-state index contributed by atoms with van der Waals surface area (Å²) in [4.78, 5) is 12.5. The molecule has 22 heavy (non-hydrogen) atoms. The standard InChI is InChI=1S/C19H23NO.ClH/c1-13(2)16-11-8-12-17(14(3)4)18(16)20-19(21)15-9-6-5-7-10-15;/h5-14H,1-4H3,(H,20,21);1H. The predicted octanol–water partition coefficient (Wildman–Crippen LogP) is 5.61. The van der Waals surface area contributed by atoms with Gasteiger partial charge in [-0.05, 0) is 35.1 Å². The maximum atomic E-state index is 12.5. The fraction of sp³-hybridized carbons (Fsp3) is 0.316. The van der Waals surface area contributed by atoms with E-state index in [4.69, 9.17) is 0 Å². The molecule has 2 aromatic carbocycles. The quantitative estimate of drug-likeness (QED) is 0.780. The van der Waals surface area contributed by atoms with Crippen molar-refractivity contribution in [2.45, 2.75) is 39.5 Å². The topological polar surface area (TPSA) is 29.1 Å².